The van der Waals surface area contributed by atoms with Crippen LogP contribution in [0.2, 0.25) is 0 Å². The van der Waals surface area contributed by atoms with Crippen molar-refractivity contribution < 1.29 is 0 Å². The van der Waals surface area contributed by atoms with E-state index >= 15 is 0 Å². The molecule has 20 heavy (non-hydrogen) atoms. The fraction of sp³-hybridized carbons (Fsp3) is 0.667. The van der Waals surface area contributed by atoms with E-state index in [2.05, 4.69) is 68.5 Å². The summed E-state index contributed by atoms with van der Waals surface area (Å²) in [4.78, 5) is 2.32. The van der Waals surface area contributed by atoms with E-state index < -0.39 is 0 Å². The van der Waals surface area contributed by atoms with Crippen LogP contribution in [0.15, 0.2) is 30.3 Å². The molecular weight excluding hydrogens is 244 g/mol. The Labute approximate surface area is 124 Å². The molecule has 0 saturated heterocycles. The zero-order valence-corrected chi connectivity index (χ0v) is 13.5. The molecule has 0 aliphatic heterocycles. The molecule has 2 rings (SSSR count). The van der Waals surface area contributed by atoms with Gasteiger partial charge >= 0.3 is 0 Å². The molecule has 2 heteroatoms. The van der Waals surface area contributed by atoms with Crippen molar-refractivity contribution >= 4 is 0 Å². The van der Waals surface area contributed by atoms with Crippen LogP contribution in [0.25, 0.3) is 0 Å². The number of benzene rings is 1. The van der Waals surface area contributed by atoms with Crippen LogP contribution in [0.1, 0.15) is 44.7 Å². The predicted molar refractivity (Wildman–Crippen MR) is 86.8 cm³/mol. The summed E-state index contributed by atoms with van der Waals surface area (Å²) in [6, 6.07) is 12.0. The van der Waals surface area contributed by atoms with E-state index in [9.17, 15) is 0 Å². The summed E-state index contributed by atoms with van der Waals surface area (Å²) >= 11 is 0. The number of likely N-dealkylation sites (N-methyl/N-ethyl adjacent to an activating group) is 1. The lowest BCUT2D eigenvalue weighted by atomic mass is 9.80. The third kappa shape index (κ3) is 4.07. The summed E-state index contributed by atoms with van der Waals surface area (Å²) in [6.45, 7) is 5.83. The Morgan fingerprint density at radius 2 is 1.85 bits per heavy atom. The number of rotatable bonds is 5. The van der Waals surface area contributed by atoms with Crippen molar-refractivity contribution in [3.8, 4) is 0 Å². The minimum absolute atomic E-state index is 0.461. The van der Waals surface area contributed by atoms with Gasteiger partial charge in [-0.25, -0.2) is 0 Å². The van der Waals surface area contributed by atoms with Crippen molar-refractivity contribution in [1.82, 2.24) is 10.2 Å². The molecule has 0 bridgehead atoms. The number of hydrogen-bond donors (Lipinski definition) is 1. The Kier molecular flexibility index (Phi) is 5.62. The van der Waals surface area contributed by atoms with Gasteiger partial charge in [0.1, 0.15) is 0 Å². The number of nitrogens with one attached hydrogen (secondary N) is 1. The van der Waals surface area contributed by atoms with Gasteiger partial charge in [0.2, 0.25) is 0 Å². The van der Waals surface area contributed by atoms with Gasteiger partial charge in [-0.2, -0.15) is 0 Å². The average Bonchev–Trinajstić information content (AvgIpc) is 2.42. The first-order chi connectivity index (χ1) is 9.58. The smallest absolute Gasteiger partial charge is 0.0466 e. The van der Waals surface area contributed by atoms with E-state index in [1.165, 1.54) is 24.8 Å². The normalized spacial score (nSPS) is 28.6. The highest BCUT2D eigenvalue weighted by Crippen LogP contribution is 2.29. The van der Waals surface area contributed by atoms with Crippen LogP contribution in [0.5, 0.6) is 0 Å². The predicted octanol–water partition coefficient (Wildman–Crippen LogP) is 3.70. The second kappa shape index (κ2) is 7.24. The van der Waals surface area contributed by atoms with Crippen molar-refractivity contribution in [2.75, 3.05) is 20.6 Å². The maximum absolute atomic E-state index is 3.83. The van der Waals surface area contributed by atoms with E-state index in [4.69, 9.17) is 0 Å². The van der Waals surface area contributed by atoms with Crippen LogP contribution in [0.3, 0.4) is 0 Å². The first kappa shape index (κ1) is 15.5. The summed E-state index contributed by atoms with van der Waals surface area (Å²) < 4.78 is 0. The molecular formula is C18H30N2. The first-order valence-corrected chi connectivity index (χ1v) is 8.02. The van der Waals surface area contributed by atoms with Gasteiger partial charge in [0.25, 0.3) is 0 Å². The van der Waals surface area contributed by atoms with Gasteiger partial charge in [0.15, 0.2) is 0 Å². The first-order valence-electron chi connectivity index (χ1n) is 8.02. The maximum atomic E-state index is 3.83. The Morgan fingerprint density at radius 1 is 1.15 bits per heavy atom. The average molecular weight is 274 g/mol. The Morgan fingerprint density at radius 3 is 2.45 bits per heavy atom. The van der Waals surface area contributed by atoms with Crippen molar-refractivity contribution in [2.24, 2.45) is 11.8 Å². The molecule has 1 N–H and O–H groups in total. The zero-order valence-electron chi connectivity index (χ0n) is 13.5. The second-order valence-corrected chi connectivity index (χ2v) is 6.80. The molecule has 1 aliphatic rings. The van der Waals surface area contributed by atoms with Crippen LogP contribution in [0.4, 0.5) is 0 Å². The molecule has 4 atom stereocenters. The third-order valence-electron chi connectivity index (χ3n) is 4.81. The quantitative estimate of drug-likeness (QED) is 0.880. The summed E-state index contributed by atoms with van der Waals surface area (Å²) in [6.07, 6.45) is 4.08. The van der Waals surface area contributed by atoms with Gasteiger partial charge in [-0.3, -0.25) is 0 Å². The monoisotopic (exact) mass is 274 g/mol. The fourth-order valence-corrected chi connectivity index (χ4v) is 3.51. The topological polar surface area (TPSA) is 15.3 Å². The standard InChI is InChI=1S/C18H30N2/c1-14-10-11-17(15(2)12-14)19-13-18(20(3)4)16-8-6-5-7-9-16/h5-9,14-15,17-19H,10-13H2,1-4H3. The van der Waals surface area contributed by atoms with Gasteiger partial charge in [-0.15, -0.1) is 0 Å². The van der Waals surface area contributed by atoms with Crippen molar-refractivity contribution in [2.45, 2.75) is 45.2 Å². The molecule has 4 unspecified atom stereocenters. The minimum atomic E-state index is 0.461. The molecule has 0 amide bonds. The molecule has 112 valence electrons. The number of nitrogens with zero attached hydrogens (tertiary/aromatic N) is 1. The second-order valence-electron chi connectivity index (χ2n) is 6.80. The van der Waals surface area contributed by atoms with Gasteiger partial charge in [-0.05, 0) is 50.8 Å². The summed E-state index contributed by atoms with van der Waals surface area (Å²) in [5.74, 6) is 1.71. The Bertz CT molecular complexity index is 388. The van der Waals surface area contributed by atoms with E-state index in [0.29, 0.717) is 12.1 Å². The van der Waals surface area contributed by atoms with Gasteiger partial charge in [0.05, 0.1) is 0 Å². The lowest BCUT2D eigenvalue weighted by molar-refractivity contribution is 0.205. The maximum Gasteiger partial charge on any atom is 0.0466 e. The van der Waals surface area contributed by atoms with E-state index in [1.54, 1.807) is 0 Å². The van der Waals surface area contributed by atoms with Gasteiger partial charge in [0, 0.05) is 18.6 Å². The van der Waals surface area contributed by atoms with E-state index in [1.807, 2.05) is 0 Å². The molecule has 1 aliphatic carbocycles. The Hall–Kier alpha value is -0.860. The minimum Gasteiger partial charge on any atom is -0.312 e. The lowest BCUT2D eigenvalue weighted by Gasteiger charge is -2.35. The van der Waals surface area contributed by atoms with Crippen molar-refractivity contribution in [1.29, 1.82) is 0 Å². The molecule has 1 aromatic carbocycles. The van der Waals surface area contributed by atoms with Crippen LogP contribution >= 0.6 is 0 Å². The third-order valence-corrected chi connectivity index (χ3v) is 4.81. The van der Waals surface area contributed by atoms with Crippen LogP contribution in [0, 0.1) is 11.8 Å². The Balaban J connectivity index is 1.93. The SMILES string of the molecule is CC1CCC(NCC(c2ccccc2)N(C)C)C(C)C1. The largest absolute Gasteiger partial charge is 0.312 e. The van der Waals surface area contributed by atoms with Crippen LogP contribution in [-0.2, 0) is 0 Å². The zero-order chi connectivity index (χ0) is 14.5. The summed E-state index contributed by atoms with van der Waals surface area (Å²) in [5, 5.41) is 3.83. The van der Waals surface area contributed by atoms with Crippen molar-refractivity contribution in [3.05, 3.63) is 35.9 Å². The van der Waals surface area contributed by atoms with Gasteiger partial charge in [-0.1, -0.05) is 44.2 Å². The molecule has 0 heterocycles. The number of hydrogen-bond acceptors (Lipinski definition) is 2. The van der Waals surface area contributed by atoms with Crippen molar-refractivity contribution in [3.63, 3.8) is 0 Å². The molecule has 1 saturated carbocycles. The fourth-order valence-electron chi connectivity index (χ4n) is 3.51. The molecule has 1 aromatic rings. The summed E-state index contributed by atoms with van der Waals surface area (Å²) in [5.41, 5.74) is 1.40. The molecule has 0 radical (unpaired) electrons. The van der Waals surface area contributed by atoms with Crippen LogP contribution < -0.4 is 5.32 Å². The molecule has 1 fully saturated rings. The highest BCUT2D eigenvalue weighted by molar-refractivity contribution is 5.19. The molecule has 0 spiro atoms. The van der Waals surface area contributed by atoms with Crippen LogP contribution in [-0.4, -0.2) is 31.6 Å². The lowest BCUT2D eigenvalue weighted by Crippen LogP contribution is -2.42. The van der Waals surface area contributed by atoms with E-state index in [0.717, 1.165) is 18.4 Å². The van der Waals surface area contributed by atoms with Gasteiger partial charge < -0.3 is 10.2 Å². The highest BCUT2D eigenvalue weighted by Gasteiger charge is 2.26. The molecule has 2 nitrogen and oxygen atoms in total. The van der Waals surface area contributed by atoms with E-state index in [-0.39, 0.29) is 0 Å². The summed E-state index contributed by atoms with van der Waals surface area (Å²) in [7, 11) is 4.34. The highest BCUT2D eigenvalue weighted by atomic mass is 15.1. The molecule has 0 aromatic heterocycles.